The van der Waals surface area contributed by atoms with Crippen LogP contribution in [0.1, 0.15) is 85.0 Å². The Labute approximate surface area is 225 Å². The van der Waals surface area contributed by atoms with Crippen molar-refractivity contribution < 1.29 is 29.3 Å². The number of likely N-dealkylation sites (N-methyl/N-ethyl adjacent to an activating group) is 1. The molecule has 0 aliphatic heterocycles. The van der Waals surface area contributed by atoms with Gasteiger partial charge in [0.15, 0.2) is 0 Å². The highest BCUT2D eigenvalue weighted by Gasteiger charge is 2.59. The van der Waals surface area contributed by atoms with Crippen molar-refractivity contribution >= 4 is 41.0 Å². The molecule has 3 aliphatic carbocycles. The van der Waals surface area contributed by atoms with Crippen molar-refractivity contribution in [2.24, 2.45) is 28.6 Å². The topological polar surface area (TPSA) is 104 Å². The van der Waals surface area contributed by atoms with Gasteiger partial charge < -0.3 is 19.8 Å². The van der Waals surface area contributed by atoms with E-state index in [1.807, 2.05) is 13.8 Å². The first-order valence-electron chi connectivity index (χ1n) is 13.4. The molecule has 1 amide bonds. The summed E-state index contributed by atoms with van der Waals surface area (Å²) in [6.07, 6.45) is 7.78. The fourth-order valence-corrected chi connectivity index (χ4v) is 7.49. The normalized spacial score (nSPS) is 37.3. The minimum Gasteiger partial charge on any atom is -0.481 e. The van der Waals surface area contributed by atoms with Crippen LogP contribution in [0.25, 0.3) is 0 Å². The van der Waals surface area contributed by atoms with Gasteiger partial charge in [-0.05, 0) is 76.0 Å². The number of hydrogen-bond acceptors (Lipinski definition) is 4. The number of carbonyl (C=O) groups excluding carboxylic acids is 1. The lowest BCUT2D eigenvalue weighted by Crippen LogP contribution is -2.50. The zero-order chi connectivity index (χ0) is 26.8. The Kier molecular flexibility index (Phi) is 9.65. The summed E-state index contributed by atoms with van der Waals surface area (Å²) >= 11 is 12.9. The Hall–Kier alpha value is -1.05. The van der Waals surface area contributed by atoms with Crippen molar-refractivity contribution in [3.8, 4) is 0 Å². The summed E-state index contributed by atoms with van der Waals surface area (Å²) in [4.78, 5) is 38.9. The summed E-state index contributed by atoms with van der Waals surface area (Å²) in [6, 6.07) is -0.927. The average molecular weight is 549 g/mol. The molecule has 3 fully saturated rings. The first kappa shape index (κ1) is 29.5. The van der Waals surface area contributed by atoms with E-state index in [2.05, 4.69) is 0 Å². The highest BCUT2D eigenvalue weighted by Crippen LogP contribution is 2.56. The number of aliphatic carboxylic acids is 2. The zero-order valence-electron chi connectivity index (χ0n) is 22.1. The van der Waals surface area contributed by atoms with Crippen molar-refractivity contribution in [2.45, 2.75) is 108 Å². The molecule has 9 heteroatoms. The molecule has 0 spiro atoms. The molecule has 2 unspecified atom stereocenters. The lowest BCUT2D eigenvalue weighted by molar-refractivity contribution is -0.159. The maximum atomic E-state index is 13.4. The predicted octanol–water partition coefficient (Wildman–Crippen LogP) is 5.41. The quantitative estimate of drug-likeness (QED) is 0.374. The van der Waals surface area contributed by atoms with E-state index in [9.17, 15) is 24.6 Å². The van der Waals surface area contributed by atoms with Crippen molar-refractivity contribution in [3.63, 3.8) is 0 Å². The second-order valence-electron chi connectivity index (χ2n) is 12.1. The number of carbonyl (C=O) groups is 3. The van der Waals surface area contributed by atoms with Crippen LogP contribution in [0.4, 0.5) is 0 Å². The average Bonchev–Trinajstić information content (AvgIpc) is 3.06. The van der Waals surface area contributed by atoms with Crippen molar-refractivity contribution in [2.75, 3.05) is 13.7 Å². The second-order valence-corrected chi connectivity index (χ2v) is 13.2. The number of nitrogens with zero attached hydrogens (tertiary/aromatic N) is 1. The van der Waals surface area contributed by atoms with E-state index in [0.29, 0.717) is 25.9 Å². The number of hydrogen-bond donors (Lipinski definition) is 2. The van der Waals surface area contributed by atoms with E-state index in [1.54, 1.807) is 14.0 Å². The molecule has 0 saturated heterocycles. The van der Waals surface area contributed by atoms with Gasteiger partial charge in [0.2, 0.25) is 5.91 Å². The summed E-state index contributed by atoms with van der Waals surface area (Å²) in [5.74, 6) is -2.36. The maximum absolute atomic E-state index is 13.4. The molecular weight excluding hydrogens is 505 g/mol. The second kappa shape index (κ2) is 11.8. The molecule has 3 rings (SSSR count). The molecule has 3 saturated carbocycles. The monoisotopic (exact) mass is 547 g/mol. The van der Waals surface area contributed by atoms with E-state index < -0.39 is 34.7 Å². The molecule has 0 aromatic heterocycles. The zero-order valence-corrected chi connectivity index (χ0v) is 23.6. The van der Waals surface area contributed by atoms with Crippen LogP contribution in [0.3, 0.4) is 0 Å². The van der Waals surface area contributed by atoms with Gasteiger partial charge in [0.25, 0.3) is 0 Å². The van der Waals surface area contributed by atoms with Crippen molar-refractivity contribution in [3.05, 3.63) is 0 Å². The van der Waals surface area contributed by atoms with Crippen LogP contribution in [0.2, 0.25) is 0 Å². The van der Waals surface area contributed by atoms with Gasteiger partial charge in [-0.1, -0.05) is 20.3 Å². The number of amides is 1. The summed E-state index contributed by atoms with van der Waals surface area (Å²) in [5, 5.41) is 19.9. The summed E-state index contributed by atoms with van der Waals surface area (Å²) in [7, 11) is 1.55. The summed E-state index contributed by atoms with van der Waals surface area (Å²) in [6.45, 7) is 5.88. The van der Waals surface area contributed by atoms with Gasteiger partial charge in [-0.3, -0.25) is 9.59 Å². The number of carboxylic acids is 2. The van der Waals surface area contributed by atoms with Crippen LogP contribution in [0.5, 0.6) is 0 Å². The summed E-state index contributed by atoms with van der Waals surface area (Å²) < 4.78 is 6.18. The fourth-order valence-electron chi connectivity index (χ4n) is 6.61. The van der Waals surface area contributed by atoms with Gasteiger partial charge in [-0.15, -0.1) is 23.2 Å². The van der Waals surface area contributed by atoms with E-state index >= 15 is 0 Å². The third-order valence-electron chi connectivity index (χ3n) is 9.86. The Balaban J connectivity index is 1.54. The molecule has 7 nitrogen and oxygen atoms in total. The van der Waals surface area contributed by atoms with Gasteiger partial charge in [0, 0.05) is 29.6 Å². The number of ether oxygens (including phenoxy) is 1. The van der Waals surface area contributed by atoms with Crippen LogP contribution in [-0.4, -0.2) is 69.5 Å². The van der Waals surface area contributed by atoms with Crippen molar-refractivity contribution in [1.29, 1.82) is 0 Å². The van der Waals surface area contributed by atoms with Crippen LogP contribution < -0.4 is 0 Å². The van der Waals surface area contributed by atoms with Crippen LogP contribution in [0.15, 0.2) is 0 Å². The van der Waals surface area contributed by atoms with E-state index in [0.717, 1.165) is 44.9 Å². The molecule has 0 aromatic rings. The molecule has 0 bridgehead atoms. The third kappa shape index (κ3) is 5.99. The number of alkyl halides is 2. The van der Waals surface area contributed by atoms with Crippen LogP contribution in [0, 0.1) is 28.6 Å². The van der Waals surface area contributed by atoms with Gasteiger partial charge >= 0.3 is 11.9 Å². The van der Waals surface area contributed by atoms with E-state index in [1.165, 1.54) is 4.90 Å². The standard InChI is InChI=1S/C27H43Cl2NO6/c1-26(2)19(12-13-27(26,3)25(34)35)23(31)30(4)22(24(32)33)14-16-8-10-17(11-9-16)36-15-18-20(28)6-5-7-21(18)29/h16-22H,5-15H2,1-4H3,(H,32,33)(H,34,35)/t16?,17?,18?,19-,20?,21?,22+,27+/m1/s1. The Morgan fingerprint density at radius 3 is 2.06 bits per heavy atom. The molecule has 36 heavy (non-hydrogen) atoms. The highest BCUT2D eigenvalue weighted by atomic mass is 35.5. The minimum absolute atomic E-state index is 0.0557. The minimum atomic E-state index is -1.02. The molecule has 3 aliphatic rings. The molecule has 0 radical (unpaired) electrons. The molecule has 5 atom stereocenters. The van der Waals surface area contributed by atoms with Gasteiger partial charge in [0.1, 0.15) is 6.04 Å². The van der Waals surface area contributed by atoms with Crippen LogP contribution in [-0.2, 0) is 19.1 Å². The Morgan fingerprint density at radius 1 is 0.972 bits per heavy atom. The smallest absolute Gasteiger partial charge is 0.326 e. The highest BCUT2D eigenvalue weighted by molar-refractivity contribution is 6.24. The third-order valence-corrected chi connectivity index (χ3v) is 10.9. The van der Waals surface area contributed by atoms with Crippen molar-refractivity contribution in [1.82, 2.24) is 4.90 Å². The molecule has 2 N–H and O–H groups in total. The SMILES string of the molecule is CN(C(=O)[C@H]1CC[C@@](C)(C(=O)O)C1(C)C)[C@@H](CC1CCC(OCC2C(Cl)CCCC2Cl)CC1)C(=O)O. The van der Waals surface area contributed by atoms with Gasteiger partial charge in [-0.25, -0.2) is 4.79 Å². The maximum Gasteiger partial charge on any atom is 0.326 e. The summed E-state index contributed by atoms with van der Waals surface area (Å²) in [5.41, 5.74) is -1.79. The molecule has 0 aromatic carbocycles. The number of carboxylic acid groups (broad SMARTS) is 2. The Bertz CT molecular complexity index is 804. The first-order valence-corrected chi connectivity index (χ1v) is 14.3. The lowest BCUT2D eigenvalue weighted by Gasteiger charge is -2.40. The largest absolute Gasteiger partial charge is 0.481 e. The number of rotatable bonds is 9. The molecule has 0 heterocycles. The van der Waals surface area contributed by atoms with Gasteiger partial charge in [-0.2, -0.15) is 0 Å². The van der Waals surface area contributed by atoms with Gasteiger partial charge in [0.05, 0.1) is 18.1 Å². The lowest BCUT2D eigenvalue weighted by atomic mass is 9.65. The molecular formula is C27H43Cl2NO6. The first-order chi connectivity index (χ1) is 16.8. The van der Waals surface area contributed by atoms with E-state index in [-0.39, 0.29) is 34.6 Å². The number of halogens is 2. The Morgan fingerprint density at radius 2 is 1.56 bits per heavy atom. The molecule has 206 valence electrons. The fraction of sp³-hybridized carbons (Fsp3) is 0.889. The van der Waals surface area contributed by atoms with E-state index in [4.69, 9.17) is 27.9 Å². The van der Waals surface area contributed by atoms with Crippen LogP contribution >= 0.6 is 23.2 Å². The predicted molar refractivity (Wildman–Crippen MR) is 139 cm³/mol.